The maximum atomic E-state index is 13.1. The number of carbonyl (C=O) groups is 1. The number of rotatable bonds is 4. The van der Waals surface area contributed by atoms with Gasteiger partial charge >= 0.3 is 12.1 Å². The van der Waals surface area contributed by atoms with Gasteiger partial charge in [0, 0.05) is 19.6 Å². The van der Waals surface area contributed by atoms with Gasteiger partial charge in [-0.05, 0) is 12.5 Å². The molecule has 1 aliphatic rings. The molecule has 21 heavy (non-hydrogen) atoms. The molecule has 1 fully saturated rings. The number of halogens is 3. The molecule has 0 saturated carbocycles. The predicted molar refractivity (Wildman–Crippen MR) is 71.4 cm³/mol. The van der Waals surface area contributed by atoms with Crippen LogP contribution in [-0.4, -0.2) is 36.7 Å². The Bertz CT molecular complexity index is 476. The lowest BCUT2D eigenvalue weighted by Gasteiger charge is -2.19. The van der Waals surface area contributed by atoms with Crippen LogP contribution in [0.15, 0.2) is 30.3 Å². The molecule has 1 aliphatic heterocycles. The van der Waals surface area contributed by atoms with Crippen LogP contribution in [0.1, 0.15) is 12.5 Å². The van der Waals surface area contributed by atoms with E-state index in [1.165, 1.54) is 0 Å². The normalized spacial score (nSPS) is 23.2. The van der Waals surface area contributed by atoms with Crippen molar-refractivity contribution in [3.8, 4) is 0 Å². The molecule has 1 heterocycles. The van der Waals surface area contributed by atoms with Crippen LogP contribution in [0.4, 0.5) is 13.2 Å². The van der Waals surface area contributed by atoms with Crippen molar-refractivity contribution in [2.45, 2.75) is 19.6 Å². The Morgan fingerprint density at radius 2 is 1.95 bits per heavy atom. The van der Waals surface area contributed by atoms with Crippen molar-refractivity contribution in [2.24, 2.45) is 11.8 Å². The molecule has 0 amide bonds. The van der Waals surface area contributed by atoms with E-state index in [1.807, 2.05) is 30.3 Å². The molecule has 0 unspecified atom stereocenters. The van der Waals surface area contributed by atoms with Gasteiger partial charge < -0.3 is 4.74 Å². The van der Waals surface area contributed by atoms with Crippen LogP contribution in [0.5, 0.6) is 0 Å². The first kappa shape index (κ1) is 15.8. The summed E-state index contributed by atoms with van der Waals surface area (Å²) in [5.74, 6) is -3.54. The molecule has 0 bridgehead atoms. The molecule has 0 N–H and O–H groups in total. The topological polar surface area (TPSA) is 29.5 Å². The standard InChI is InChI=1S/C15H18F3NO2/c1-2-21-14(20)12-9-19(10-13(12)15(16,17)18)8-11-6-4-3-5-7-11/h3-7,12-13H,2,8-10H2,1H3/t12-,13+/m0/s1. The van der Waals surface area contributed by atoms with Crippen molar-refractivity contribution >= 4 is 5.97 Å². The Morgan fingerprint density at radius 3 is 2.52 bits per heavy atom. The number of esters is 1. The maximum Gasteiger partial charge on any atom is 0.393 e. The summed E-state index contributed by atoms with van der Waals surface area (Å²) in [5, 5.41) is 0. The molecule has 1 saturated heterocycles. The summed E-state index contributed by atoms with van der Waals surface area (Å²) in [7, 11) is 0. The minimum absolute atomic E-state index is 0.0813. The second kappa shape index (κ2) is 6.47. The quantitative estimate of drug-likeness (QED) is 0.801. The third kappa shape index (κ3) is 3.97. The van der Waals surface area contributed by atoms with E-state index in [-0.39, 0.29) is 19.7 Å². The summed E-state index contributed by atoms with van der Waals surface area (Å²) in [4.78, 5) is 13.4. The lowest BCUT2D eigenvalue weighted by molar-refractivity contribution is -0.190. The average molecular weight is 301 g/mol. The Balaban J connectivity index is 2.08. The van der Waals surface area contributed by atoms with Crippen LogP contribution < -0.4 is 0 Å². The zero-order valence-corrected chi connectivity index (χ0v) is 11.8. The zero-order valence-electron chi connectivity index (χ0n) is 11.8. The fraction of sp³-hybridized carbons (Fsp3) is 0.533. The van der Waals surface area contributed by atoms with Crippen molar-refractivity contribution in [3.63, 3.8) is 0 Å². The lowest BCUT2D eigenvalue weighted by atomic mass is 9.96. The summed E-state index contributed by atoms with van der Waals surface area (Å²) in [5.41, 5.74) is 0.933. The Morgan fingerprint density at radius 1 is 1.29 bits per heavy atom. The van der Waals surface area contributed by atoms with Crippen LogP contribution >= 0.6 is 0 Å². The fourth-order valence-electron chi connectivity index (χ4n) is 2.68. The number of ether oxygens (including phenoxy) is 1. The SMILES string of the molecule is CCOC(=O)[C@H]1CN(Cc2ccccc2)C[C@H]1C(F)(F)F. The van der Waals surface area contributed by atoms with Gasteiger partial charge in [-0.15, -0.1) is 0 Å². The van der Waals surface area contributed by atoms with Gasteiger partial charge in [-0.3, -0.25) is 9.69 Å². The number of hydrogen-bond donors (Lipinski definition) is 0. The number of alkyl halides is 3. The molecule has 0 aliphatic carbocycles. The minimum Gasteiger partial charge on any atom is -0.466 e. The average Bonchev–Trinajstić information content (AvgIpc) is 2.84. The first-order valence-electron chi connectivity index (χ1n) is 6.91. The molecule has 116 valence electrons. The van der Waals surface area contributed by atoms with Gasteiger partial charge in [0.15, 0.2) is 0 Å². The van der Waals surface area contributed by atoms with Gasteiger partial charge in [0.2, 0.25) is 0 Å². The van der Waals surface area contributed by atoms with E-state index >= 15 is 0 Å². The van der Waals surface area contributed by atoms with E-state index in [2.05, 4.69) is 0 Å². The third-order valence-corrected chi connectivity index (χ3v) is 3.65. The van der Waals surface area contributed by atoms with Crippen LogP contribution in [0.25, 0.3) is 0 Å². The molecule has 6 heteroatoms. The van der Waals surface area contributed by atoms with Crippen molar-refractivity contribution in [1.29, 1.82) is 0 Å². The number of benzene rings is 1. The number of hydrogen-bond acceptors (Lipinski definition) is 3. The lowest BCUT2D eigenvalue weighted by Crippen LogP contribution is -2.34. The van der Waals surface area contributed by atoms with Gasteiger partial charge in [0.25, 0.3) is 0 Å². The zero-order chi connectivity index (χ0) is 15.5. The van der Waals surface area contributed by atoms with Crippen LogP contribution in [0.3, 0.4) is 0 Å². The summed E-state index contributed by atoms with van der Waals surface area (Å²) >= 11 is 0. The molecule has 0 radical (unpaired) electrons. The molecule has 2 atom stereocenters. The van der Waals surface area contributed by atoms with Crippen molar-refractivity contribution < 1.29 is 22.7 Å². The molecule has 0 spiro atoms. The van der Waals surface area contributed by atoms with E-state index in [9.17, 15) is 18.0 Å². The first-order valence-corrected chi connectivity index (χ1v) is 6.91. The number of likely N-dealkylation sites (tertiary alicyclic amines) is 1. The van der Waals surface area contributed by atoms with Crippen LogP contribution in [0.2, 0.25) is 0 Å². The summed E-state index contributed by atoms with van der Waals surface area (Å²) < 4.78 is 44.1. The highest BCUT2D eigenvalue weighted by Gasteiger charge is 2.52. The molecule has 1 aromatic carbocycles. The number of carbonyl (C=O) groups excluding carboxylic acids is 1. The summed E-state index contributed by atoms with van der Waals surface area (Å²) in [6.07, 6.45) is -4.39. The van der Waals surface area contributed by atoms with E-state index in [4.69, 9.17) is 4.74 Å². The van der Waals surface area contributed by atoms with Crippen molar-refractivity contribution in [3.05, 3.63) is 35.9 Å². The molecule has 2 rings (SSSR count). The predicted octanol–water partition coefficient (Wildman–Crippen LogP) is 2.86. The fourth-order valence-corrected chi connectivity index (χ4v) is 2.68. The van der Waals surface area contributed by atoms with Gasteiger partial charge in [-0.1, -0.05) is 30.3 Å². The number of nitrogens with zero attached hydrogens (tertiary/aromatic N) is 1. The monoisotopic (exact) mass is 301 g/mol. The molecular formula is C15H18F3NO2. The molecule has 1 aromatic rings. The summed E-state index contributed by atoms with van der Waals surface area (Å²) in [6, 6.07) is 9.26. The smallest absolute Gasteiger partial charge is 0.393 e. The van der Waals surface area contributed by atoms with Crippen LogP contribution in [0, 0.1) is 11.8 Å². The second-order valence-corrected chi connectivity index (χ2v) is 5.19. The highest BCUT2D eigenvalue weighted by Crippen LogP contribution is 2.38. The van der Waals surface area contributed by atoms with E-state index in [0.29, 0.717) is 6.54 Å². The Kier molecular flexibility index (Phi) is 4.88. The summed E-state index contributed by atoms with van der Waals surface area (Å²) in [6.45, 7) is 2.01. The molecular weight excluding hydrogens is 283 g/mol. The van der Waals surface area contributed by atoms with E-state index < -0.39 is 24.0 Å². The Hall–Kier alpha value is -1.56. The van der Waals surface area contributed by atoms with E-state index in [1.54, 1.807) is 11.8 Å². The van der Waals surface area contributed by atoms with Gasteiger partial charge in [-0.2, -0.15) is 13.2 Å². The van der Waals surface area contributed by atoms with Crippen molar-refractivity contribution in [1.82, 2.24) is 4.90 Å². The largest absolute Gasteiger partial charge is 0.466 e. The minimum atomic E-state index is -4.39. The molecule has 3 nitrogen and oxygen atoms in total. The maximum absolute atomic E-state index is 13.1. The second-order valence-electron chi connectivity index (χ2n) is 5.19. The third-order valence-electron chi connectivity index (χ3n) is 3.65. The van der Waals surface area contributed by atoms with E-state index in [0.717, 1.165) is 5.56 Å². The highest BCUT2D eigenvalue weighted by atomic mass is 19.4. The molecule has 0 aromatic heterocycles. The van der Waals surface area contributed by atoms with Gasteiger partial charge in [0.1, 0.15) is 0 Å². The van der Waals surface area contributed by atoms with Gasteiger partial charge in [-0.25, -0.2) is 0 Å². The highest BCUT2D eigenvalue weighted by molar-refractivity contribution is 5.73. The first-order chi connectivity index (χ1) is 9.91. The van der Waals surface area contributed by atoms with Gasteiger partial charge in [0.05, 0.1) is 18.4 Å². The van der Waals surface area contributed by atoms with Crippen LogP contribution in [-0.2, 0) is 16.1 Å². The Labute approximate surface area is 121 Å². The van der Waals surface area contributed by atoms with Crippen molar-refractivity contribution in [2.75, 3.05) is 19.7 Å².